The normalized spacial score (nSPS) is 14.3. The van der Waals surface area contributed by atoms with Gasteiger partial charge in [0.1, 0.15) is 12.4 Å². The van der Waals surface area contributed by atoms with Crippen LogP contribution < -0.4 is 15.2 Å². The average molecular weight is 338 g/mol. The average Bonchev–Trinajstić information content (AvgIpc) is 2.72. The first kappa shape index (κ1) is 15.5. The molecule has 5 rings (SSSR count). The van der Waals surface area contributed by atoms with E-state index in [0.29, 0.717) is 6.61 Å². The Morgan fingerprint density at radius 1 is 0.769 bits per heavy atom. The summed E-state index contributed by atoms with van der Waals surface area (Å²) in [7, 11) is 0. The largest absolute Gasteiger partial charge is 0.489 e. The Morgan fingerprint density at radius 2 is 1.69 bits per heavy atom. The number of ether oxygens (including phenoxy) is 1. The minimum atomic E-state index is 0.613. The number of rotatable bonds is 3. The van der Waals surface area contributed by atoms with E-state index in [0.717, 1.165) is 12.2 Å². The van der Waals surface area contributed by atoms with Crippen LogP contribution >= 0.6 is 0 Å². The molecule has 1 heteroatoms. The number of fused-ring (bicyclic) bond motifs is 5. The summed E-state index contributed by atoms with van der Waals surface area (Å²) in [5, 5.41) is 2.89. The van der Waals surface area contributed by atoms with Gasteiger partial charge in [0.05, 0.1) is 0 Å². The van der Waals surface area contributed by atoms with Crippen molar-refractivity contribution in [3.63, 3.8) is 0 Å². The molecule has 128 valence electrons. The van der Waals surface area contributed by atoms with Crippen molar-refractivity contribution in [1.29, 1.82) is 0 Å². The van der Waals surface area contributed by atoms with E-state index >= 15 is 0 Å². The van der Waals surface area contributed by atoms with E-state index in [2.05, 4.69) is 66.7 Å². The highest BCUT2D eigenvalue weighted by Crippen LogP contribution is 2.32. The summed E-state index contributed by atoms with van der Waals surface area (Å²) in [5.41, 5.74) is 6.70. The van der Waals surface area contributed by atoms with Crippen molar-refractivity contribution >= 4 is 12.2 Å². The molecule has 3 aromatic rings. The Kier molecular flexibility index (Phi) is 3.86. The predicted octanol–water partition coefficient (Wildman–Crippen LogP) is 4.39. The Morgan fingerprint density at radius 3 is 2.62 bits per heavy atom. The lowest BCUT2D eigenvalue weighted by atomic mass is 9.86. The molecule has 0 unspecified atom stereocenters. The highest BCUT2D eigenvalue weighted by Gasteiger charge is 2.17. The molecule has 1 nitrogen and oxygen atoms in total. The molecule has 0 N–H and O–H groups in total. The van der Waals surface area contributed by atoms with Gasteiger partial charge < -0.3 is 4.74 Å². The van der Waals surface area contributed by atoms with Gasteiger partial charge in [-0.3, -0.25) is 0 Å². The first-order chi connectivity index (χ1) is 12.9. The Balaban J connectivity index is 1.54. The van der Waals surface area contributed by atoms with Gasteiger partial charge in [0.25, 0.3) is 0 Å². The summed E-state index contributed by atoms with van der Waals surface area (Å²) < 4.78 is 6.19. The van der Waals surface area contributed by atoms with E-state index < -0.39 is 0 Å². The molecule has 0 heterocycles. The second kappa shape index (κ2) is 6.49. The third-order valence-electron chi connectivity index (χ3n) is 5.55. The van der Waals surface area contributed by atoms with E-state index in [-0.39, 0.29) is 0 Å². The van der Waals surface area contributed by atoms with Gasteiger partial charge in [-0.1, -0.05) is 66.7 Å². The molecule has 2 aliphatic carbocycles. The van der Waals surface area contributed by atoms with Crippen LogP contribution in [-0.4, -0.2) is 0 Å². The standard InChI is InChI=1S/C25H22O/c1-2-7-18(8-3-1)17-26-25-12-6-11-21-23-14-13-19-9-4-5-10-20(19)22(23)15-16-24(21)25/h1-3,6-8,10-15H,4-5,9,16-17H2. The summed E-state index contributed by atoms with van der Waals surface area (Å²) in [6.45, 7) is 0.613. The van der Waals surface area contributed by atoms with E-state index in [1.165, 1.54) is 57.5 Å². The van der Waals surface area contributed by atoms with Crippen molar-refractivity contribution < 1.29 is 4.74 Å². The smallest absolute Gasteiger partial charge is 0.123 e. The molecule has 0 fully saturated rings. The lowest BCUT2D eigenvalue weighted by molar-refractivity contribution is 0.304. The molecule has 0 atom stereocenters. The number of hydrogen-bond donors (Lipinski definition) is 0. The minimum absolute atomic E-state index is 0.613. The molecule has 0 aromatic heterocycles. The number of aryl methyl sites for hydroxylation is 1. The van der Waals surface area contributed by atoms with Crippen LogP contribution in [0.3, 0.4) is 0 Å². The highest BCUT2D eigenvalue weighted by molar-refractivity contribution is 5.76. The highest BCUT2D eigenvalue weighted by atomic mass is 16.5. The van der Waals surface area contributed by atoms with Crippen LogP contribution in [0.2, 0.25) is 0 Å². The van der Waals surface area contributed by atoms with Gasteiger partial charge in [-0.25, -0.2) is 0 Å². The van der Waals surface area contributed by atoms with Crippen molar-refractivity contribution in [2.75, 3.05) is 0 Å². The molecule has 0 aliphatic heterocycles. The molecule has 3 aromatic carbocycles. The molecule has 0 bridgehead atoms. The number of hydrogen-bond acceptors (Lipinski definition) is 1. The van der Waals surface area contributed by atoms with Crippen molar-refractivity contribution in [1.82, 2.24) is 0 Å². The Bertz CT molecular complexity index is 1080. The van der Waals surface area contributed by atoms with Gasteiger partial charge in [0, 0.05) is 5.56 Å². The van der Waals surface area contributed by atoms with Crippen LogP contribution in [0.1, 0.15) is 29.5 Å². The van der Waals surface area contributed by atoms with E-state index in [1.54, 1.807) is 0 Å². The van der Waals surface area contributed by atoms with Gasteiger partial charge >= 0.3 is 0 Å². The Labute approximate surface area is 154 Å². The molecule has 0 radical (unpaired) electrons. The summed E-state index contributed by atoms with van der Waals surface area (Å²) in [6, 6.07) is 21.5. The second-order valence-electron chi connectivity index (χ2n) is 7.16. The monoisotopic (exact) mass is 338 g/mol. The van der Waals surface area contributed by atoms with Gasteiger partial charge in [0.15, 0.2) is 0 Å². The minimum Gasteiger partial charge on any atom is -0.489 e. The summed E-state index contributed by atoms with van der Waals surface area (Å²) in [5.74, 6) is 1.01. The van der Waals surface area contributed by atoms with Crippen LogP contribution in [0.5, 0.6) is 5.75 Å². The second-order valence-corrected chi connectivity index (χ2v) is 7.16. The van der Waals surface area contributed by atoms with E-state index in [4.69, 9.17) is 4.74 Å². The maximum absolute atomic E-state index is 6.19. The zero-order valence-corrected chi connectivity index (χ0v) is 14.9. The SMILES string of the molecule is C1=c2c(ccc3c2=CCc2c(OCc4ccccc4)cccc2-3)CCC1. The third-order valence-corrected chi connectivity index (χ3v) is 5.55. The zero-order chi connectivity index (χ0) is 17.3. The topological polar surface area (TPSA) is 9.23 Å². The fourth-order valence-corrected chi connectivity index (χ4v) is 4.24. The van der Waals surface area contributed by atoms with Crippen LogP contribution in [-0.2, 0) is 19.4 Å². The van der Waals surface area contributed by atoms with Gasteiger partial charge in [0.2, 0.25) is 0 Å². The fourth-order valence-electron chi connectivity index (χ4n) is 4.24. The molecule has 0 spiro atoms. The van der Waals surface area contributed by atoms with Crippen LogP contribution in [0.25, 0.3) is 23.3 Å². The molecule has 0 amide bonds. The van der Waals surface area contributed by atoms with E-state index in [9.17, 15) is 0 Å². The van der Waals surface area contributed by atoms with Crippen molar-refractivity contribution in [2.45, 2.75) is 32.3 Å². The number of benzene rings is 3. The lowest BCUT2D eigenvalue weighted by Gasteiger charge is -2.20. The lowest BCUT2D eigenvalue weighted by Crippen LogP contribution is -2.34. The first-order valence-electron chi connectivity index (χ1n) is 9.51. The van der Waals surface area contributed by atoms with Gasteiger partial charge in [-0.15, -0.1) is 0 Å². The maximum Gasteiger partial charge on any atom is 0.123 e. The predicted molar refractivity (Wildman–Crippen MR) is 107 cm³/mol. The Hall–Kier alpha value is -2.80. The molecule has 26 heavy (non-hydrogen) atoms. The van der Waals surface area contributed by atoms with Crippen LogP contribution in [0, 0.1) is 0 Å². The van der Waals surface area contributed by atoms with Crippen LogP contribution in [0.4, 0.5) is 0 Å². The van der Waals surface area contributed by atoms with Crippen LogP contribution in [0.15, 0.2) is 60.7 Å². The maximum atomic E-state index is 6.19. The third kappa shape index (κ3) is 2.64. The molecule has 2 aliphatic rings. The summed E-state index contributed by atoms with van der Waals surface area (Å²) in [4.78, 5) is 0. The molecule has 0 saturated heterocycles. The molecule has 0 saturated carbocycles. The van der Waals surface area contributed by atoms with Gasteiger partial charge in [-0.2, -0.15) is 0 Å². The molecular weight excluding hydrogens is 316 g/mol. The fraction of sp³-hybridized carbons (Fsp3) is 0.200. The molecular formula is C25H22O. The van der Waals surface area contributed by atoms with E-state index in [1.807, 2.05) is 6.07 Å². The summed E-state index contributed by atoms with van der Waals surface area (Å²) in [6.07, 6.45) is 9.45. The quantitative estimate of drug-likeness (QED) is 0.688. The van der Waals surface area contributed by atoms with Crippen molar-refractivity contribution in [2.24, 2.45) is 0 Å². The summed E-state index contributed by atoms with van der Waals surface area (Å²) >= 11 is 0. The van der Waals surface area contributed by atoms with Crippen molar-refractivity contribution in [3.05, 3.63) is 87.8 Å². The first-order valence-corrected chi connectivity index (χ1v) is 9.51. The zero-order valence-electron chi connectivity index (χ0n) is 14.9. The van der Waals surface area contributed by atoms with Crippen molar-refractivity contribution in [3.8, 4) is 16.9 Å². The van der Waals surface area contributed by atoms with Gasteiger partial charge in [-0.05, 0) is 64.4 Å².